The molecule has 0 radical (unpaired) electrons. The van der Waals surface area contributed by atoms with Crippen molar-refractivity contribution in [3.8, 4) is 11.8 Å². The molecule has 0 unspecified atom stereocenters. The van der Waals surface area contributed by atoms with E-state index >= 15 is 0 Å². The lowest BCUT2D eigenvalue weighted by Crippen LogP contribution is -2.40. The van der Waals surface area contributed by atoms with Crippen molar-refractivity contribution in [3.63, 3.8) is 0 Å². The van der Waals surface area contributed by atoms with Crippen molar-refractivity contribution in [1.82, 2.24) is 5.32 Å². The molecule has 0 spiro atoms. The van der Waals surface area contributed by atoms with Gasteiger partial charge in [-0.1, -0.05) is 26.2 Å². The van der Waals surface area contributed by atoms with Crippen LogP contribution in [0.3, 0.4) is 0 Å². The summed E-state index contributed by atoms with van der Waals surface area (Å²) < 4.78 is 0. The standard InChI is InChI=1S/C13H21NO/c1-3-4-8-11-14-12(15)13(2)9-6-5-7-10-13/h5-11H2,1-2H3,(H,14,15). The van der Waals surface area contributed by atoms with Crippen LogP contribution < -0.4 is 5.32 Å². The van der Waals surface area contributed by atoms with Gasteiger partial charge in [0.15, 0.2) is 0 Å². The quantitative estimate of drug-likeness (QED) is 0.559. The minimum atomic E-state index is -0.113. The number of carbonyl (C=O) groups excluding carboxylic acids is 1. The van der Waals surface area contributed by atoms with Crippen molar-refractivity contribution in [2.75, 3.05) is 6.54 Å². The minimum absolute atomic E-state index is 0.113. The molecule has 1 aliphatic carbocycles. The summed E-state index contributed by atoms with van der Waals surface area (Å²) in [5.74, 6) is 6.01. The van der Waals surface area contributed by atoms with Crippen LogP contribution in [0.2, 0.25) is 0 Å². The highest BCUT2D eigenvalue weighted by atomic mass is 16.2. The summed E-state index contributed by atoms with van der Waals surface area (Å²) >= 11 is 0. The molecular formula is C13H21NO. The Bertz CT molecular complexity index is 266. The highest BCUT2D eigenvalue weighted by molar-refractivity contribution is 5.82. The monoisotopic (exact) mass is 207 g/mol. The highest BCUT2D eigenvalue weighted by Crippen LogP contribution is 2.35. The zero-order valence-electron chi connectivity index (χ0n) is 9.86. The Morgan fingerprint density at radius 3 is 2.60 bits per heavy atom. The SMILES string of the molecule is CC#CCCNC(=O)C1(C)CCCCC1. The van der Waals surface area contributed by atoms with Crippen LogP contribution in [0, 0.1) is 17.3 Å². The summed E-state index contributed by atoms with van der Waals surface area (Å²) in [6, 6.07) is 0. The van der Waals surface area contributed by atoms with Gasteiger partial charge in [-0.2, -0.15) is 0 Å². The molecule has 0 saturated heterocycles. The van der Waals surface area contributed by atoms with Gasteiger partial charge in [0.05, 0.1) is 0 Å². The molecular weight excluding hydrogens is 186 g/mol. The highest BCUT2D eigenvalue weighted by Gasteiger charge is 2.33. The summed E-state index contributed by atoms with van der Waals surface area (Å²) in [6.45, 7) is 4.60. The third-order valence-corrected chi connectivity index (χ3v) is 3.22. The van der Waals surface area contributed by atoms with Gasteiger partial charge in [0.1, 0.15) is 0 Å². The van der Waals surface area contributed by atoms with Crippen LogP contribution in [0.4, 0.5) is 0 Å². The van der Waals surface area contributed by atoms with Crippen molar-refractivity contribution < 1.29 is 4.79 Å². The van der Waals surface area contributed by atoms with E-state index in [9.17, 15) is 4.79 Å². The van der Waals surface area contributed by atoms with E-state index in [1.54, 1.807) is 0 Å². The van der Waals surface area contributed by atoms with Crippen molar-refractivity contribution >= 4 is 5.91 Å². The lowest BCUT2D eigenvalue weighted by atomic mass is 9.75. The van der Waals surface area contributed by atoms with E-state index in [2.05, 4.69) is 24.1 Å². The van der Waals surface area contributed by atoms with Gasteiger partial charge in [-0.05, 0) is 19.8 Å². The Morgan fingerprint density at radius 1 is 1.33 bits per heavy atom. The summed E-state index contributed by atoms with van der Waals surface area (Å²) in [5.41, 5.74) is -0.113. The molecule has 15 heavy (non-hydrogen) atoms. The summed E-state index contributed by atoms with van der Waals surface area (Å²) in [5, 5.41) is 2.99. The Kier molecular flexibility index (Phi) is 4.68. The average molecular weight is 207 g/mol. The van der Waals surface area contributed by atoms with Crippen molar-refractivity contribution in [2.24, 2.45) is 5.41 Å². The van der Waals surface area contributed by atoms with E-state index in [0.29, 0.717) is 6.54 Å². The molecule has 1 fully saturated rings. The van der Waals surface area contributed by atoms with E-state index in [0.717, 1.165) is 19.3 Å². The van der Waals surface area contributed by atoms with Crippen molar-refractivity contribution in [1.29, 1.82) is 0 Å². The molecule has 0 atom stereocenters. The van der Waals surface area contributed by atoms with Gasteiger partial charge >= 0.3 is 0 Å². The Morgan fingerprint density at radius 2 is 2.00 bits per heavy atom. The number of rotatable bonds is 3. The second-order valence-electron chi connectivity index (χ2n) is 4.55. The van der Waals surface area contributed by atoms with Crippen LogP contribution in [0.25, 0.3) is 0 Å². The van der Waals surface area contributed by atoms with Gasteiger partial charge in [-0.3, -0.25) is 4.79 Å². The maximum atomic E-state index is 11.9. The number of hydrogen-bond acceptors (Lipinski definition) is 1. The van der Waals surface area contributed by atoms with Crippen molar-refractivity contribution in [3.05, 3.63) is 0 Å². The number of amides is 1. The Labute approximate surface area is 92.8 Å². The maximum absolute atomic E-state index is 11.9. The molecule has 0 bridgehead atoms. The molecule has 0 aromatic carbocycles. The predicted molar refractivity (Wildman–Crippen MR) is 62.3 cm³/mol. The van der Waals surface area contributed by atoms with Crippen LogP contribution >= 0.6 is 0 Å². The molecule has 0 aromatic rings. The average Bonchev–Trinajstić information content (AvgIpc) is 2.25. The summed E-state index contributed by atoms with van der Waals surface area (Å²) in [6.07, 6.45) is 6.51. The fraction of sp³-hybridized carbons (Fsp3) is 0.769. The molecule has 2 nitrogen and oxygen atoms in total. The van der Waals surface area contributed by atoms with Crippen LogP contribution in [-0.2, 0) is 4.79 Å². The van der Waals surface area contributed by atoms with E-state index in [1.807, 2.05) is 6.92 Å². The number of hydrogen-bond donors (Lipinski definition) is 1. The summed E-state index contributed by atoms with van der Waals surface area (Å²) in [4.78, 5) is 11.9. The van der Waals surface area contributed by atoms with Gasteiger partial charge < -0.3 is 5.32 Å². The van der Waals surface area contributed by atoms with E-state index < -0.39 is 0 Å². The van der Waals surface area contributed by atoms with Gasteiger partial charge in [-0.25, -0.2) is 0 Å². The van der Waals surface area contributed by atoms with Crippen LogP contribution in [-0.4, -0.2) is 12.5 Å². The van der Waals surface area contributed by atoms with Gasteiger partial charge in [0.2, 0.25) is 5.91 Å². The molecule has 2 heteroatoms. The summed E-state index contributed by atoms with van der Waals surface area (Å²) in [7, 11) is 0. The van der Waals surface area contributed by atoms with Crippen LogP contribution in [0.5, 0.6) is 0 Å². The van der Waals surface area contributed by atoms with Gasteiger partial charge in [-0.15, -0.1) is 11.8 Å². The third kappa shape index (κ3) is 3.58. The van der Waals surface area contributed by atoms with E-state index in [-0.39, 0.29) is 11.3 Å². The first-order chi connectivity index (χ1) is 7.19. The lowest BCUT2D eigenvalue weighted by Gasteiger charge is -2.31. The third-order valence-electron chi connectivity index (χ3n) is 3.22. The smallest absolute Gasteiger partial charge is 0.225 e. The second-order valence-corrected chi connectivity index (χ2v) is 4.55. The van der Waals surface area contributed by atoms with E-state index in [1.165, 1.54) is 19.3 Å². The largest absolute Gasteiger partial charge is 0.355 e. The minimum Gasteiger partial charge on any atom is -0.355 e. The molecule has 1 aliphatic rings. The topological polar surface area (TPSA) is 29.1 Å². The molecule has 84 valence electrons. The molecule has 0 aliphatic heterocycles. The lowest BCUT2D eigenvalue weighted by molar-refractivity contribution is -0.131. The predicted octanol–water partition coefficient (Wildman–Crippen LogP) is 2.49. The van der Waals surface area contributed by atoms with Gasteiger partial charge in [0, 0.05) is 18.4 Å². The zero-order valence-corrected chi connectivity index (χ0v) is 9.86. The Hall–Kier alpha value is -0.970. The van der Waals surface area contributed by atoms with Crippen LogP contribution in [0.15, 0.2) is 0 Å². The van der Waals surface area contributed by atoms with Gasteiger partial charge in [0.25, 0.3) is 0 Å². The molecule has 1 N–H and O–H groups in total. The maximum Gasteiger partial charge on any atom is 0.225 e. The number of nitrogens with one attached hydrogen (secondary N) is 1. The molecule has 0 heterocycles. The molecule has 1 amide bonds. The van der Waals surface area contributed by atoms with Crippen LogP contribution in [0.1, 0.15) is 52.4 Å². The first kappa shape index (κ1) is 12.1. The molecule has 1 saturated carbocycles. The second kappa shape index (κ2) is 5.80. The normalized spacial score (nSPS) is 18.8. The fourth-order valence-electron chi connectivity index (χ4n) is 2.14. The first-order valence-corrected chi connectivity index (χ1v) is 5.87. The first-order valence-electron chi connectivity index (χ1n) is 5.87. The van der Waals surface area contributed by atoms with Crippen molar-refractivity contribution in [2.45, 2.75) is 52.4 Å². The Balaban J connectivity index is 2.33. The van der Waals surface area contributed by atoms with E-state index in [4.69, 9.17) is 0 Å². The number of carbonyl (C=O) groups is 1. The fourth-order valence-corrected chi connectivity index (χ4v) is 2.14. The zero-order chi connectivity index (χ0) is 11.1. The molecule has 0 aromatic heterocycles. The molecule has 1 rings (SSSR count).